The Balaban J connectivity index is 0. The van der Waals surface area contributed by atoms with Gasteiger partial charge in [0.1, 0.15) is 5.69 Å². The largest absolute Gasteiger partial charge is 0.396 e. The first kappa shape index (κ1) is 20.1. The van der Waals surface area contributed by atoms with Crippen molar-refractivity contribution in [3.05, 3.63) is 24.2 Å². The van der Waals surface area contributed by atoms with Crippen molar-refractivity contribution < 1.29 is 0 Å². The van der Waals surface area contributed by atoms with E-state index in [4.69, 9.17) is 11.5 Å². The number of halogens is 3. The lowest BCUT2D eigenvalue weighted by atomic mass is 10.2. The van der Waals surface area contributed by atoms with E-state index in [0.29, 0.717) is 17.8 Å². The summed E-state index contributed by atoms with van der Waals surface area (Å²) in [5.41, 5.74) is 13.3. The minimum Gasteiger partial charge on any atom is -0.396 e. The van der Waals surface area contributed by atoms with Gasteiger partial charge in [-0.25, -0.2) is 9.50 Å². The lowest BCUT2D eigenvalue weighted by Gasteiger charge is -1.96. The Labute approximate surface area is 130 Å². The summed E-state index contributed by atoms with van der Waals surface area (Å²) >= 11 is 0. The molecule has 19 heavy (non-hydrogen) atoms. The summed E-state index contributed by atoms with van der Waals surface area (Å²) in [5, 5.41) is 4.14. The van der Waals surface area contributed by atoms with Crippen molar-refractivity contribution in [3.63, 3.8) is 0 Å². The summed E-state index contributed by atoms with van der Waals surface area (Å²) in [6.07, 6.45) is 3.93. The fourth-order valence-electron chi connectivity index (χ4n) is 1.30. The number of imidazole rings is 1. The van der Waals surface area contributed by atoms with Crippen LogP contribution in [0.4, 0.5) is 5.69 Å². The van der Waals surface area contributed by atoms with Crippen LogP contribution >= 0.6 is 37.2 Å². The SMILES string of the molecule is CC(N)CC#Cc1cnc2c(N)ccnn12.Cl.Cl.Cl. The summed E-state index contributed by atoms with van der Waals surface area (Å²) in [6, 6.07) is 1.78. The Morgan fingerprint density at radius 1 is 1.37 bits per heavy atom. The molecular formula is C11H16Cl3N5. The van der Waals surface area contributed by atoms with Gasteiger partial charge >= 0.3 is 0 Å². The second-order valence-corrected chi connectivity index (χ2v) is 3.65. The molecule has 0 aromatic carbocycles. The fraction of sp³-hybridized carbons (Fsp3) is 0.273. The second kappa shape index (κ2) is 8.83. The molecule has 0 radical (unpaired) electrons. The number of nitrogens with zero attached hydrogens (tertiary/aromatic N) is 3. The van der Waals surface area contributed by atoms with Crippen molar-refractivity contribution in [3.8, 4) is 11.8 Å². The van der Waals surface area contributed by atoms with Crippen LogP contribution in [0.5, 0.6) is 0 Å². The van der Waals surface area contributed by atoms with Crippen molar-refractivity contribution in [2.24, 2.45) is 5.73 Å². The van der Waals surface area contributed by atoms with Gasteiger partial charge in [-0.15, -0.1) is 37.2 Å². The number of hydrogen-bond acceptors (Lipinski definition) is 4. The molecule has 5 nitrogen and oxygen atoms in total. The minimum absolute atomic E-state index is 0. The first-order chi connectivity index (χ1) is 7.68. The molecule has 0 spiro atoms. The van der Waals surface area contributed by atoms with Crippen LogP contribution < -0.4 is 11.5 Å². The molecule has 1 atom stereocenters. The zero-order valence-electron chi connectivity index (χ0n) is 10.2. The summed E-state index contributed by atoms with van der Waals surface area (Å²) in [6.45, 7) is 1.92. The number of aromatic nitrogens is 3. The molecule has 2 aromatic rings. The number of anilines is 1. The van der Waals surface area contributed by atoms with Gasteiger partial charge < -0.3 is 11.5 Å². The Bertz CT molecular complexity index is 570. The van der Waals surface area contributed by atoms with Gasteiger partial charge in [0, 0.05) is 12.5 Å². The van der Waals surface area contributed by atoms with Crippen molar-refractivity contribution >= 4 is 48.6 Å². The number of nitrogens with two attached hydrogens (primary N) is 2. The van der Waals surface area contributed by atoms with Crippen molar-refractivity contribution in [1.29, 1.82) is 0 Å². The van der Waals surface area contributed by atoms with Crippen molar-refractivity contribution in [2.45, 2.75) is 19.4 Å². The predicted molar refractivity (Wildman–Crippen MR) is 84.3 cm³/mol. The fourth-order valence-corrected chi connectivity index (χ4v) is 1.30. The van der Waals surface area contributed by atoms with Crippen LogP contribution in [-0.2, 0) is 0 Å². The second-order valence-electron chi connectivity index (χ2n) is 3.65. The van der Waals surface area contributed by atoms with E-state index in [0.717, 1.165) is 5.69 Å². The van der Waals surface area contributed by atoms with E-state index in [2.05, 4.69) is 21.9 Å². The highest BCUT2D eigenvalue weighted by Gasteiger charge is 2.03. The molecular weight excluding hydrogens is 309 g/mol. The topological polar surface area (TPSA) is 82.2 Å². The van der Waals surface area contributed by atoms with Gasteiger partial charge in [0.2, 0.25) is 0 Å². The molecule has 0 aliphatic rings. The van der Waals surface area contributed by atoms with Crippen LogP contribution in [0, 0.1) is 11.8 Å². The Kier molecular flexibility index (Phi) is 9.36. The van der Waals surface area contributed by atoms with E-state index in [1.165, 1.54) is 0 Å². The average molecular weight is 325 g/mol. The van der Waals surface area contributed by atoms with E-state index in [9.17, 15) is 0 Å². The predicted octanol–water partition coefficient (Wildman–Crippen LogP) is 1.67. The first-order valence-corrected chi connectivity index (χ1v) is 5.01. The van der Waals surface area contributed by atoms with Crippen LogP contribution in [0.15, 0.2) is 18.5 Å². The molecule has 0 fully saturated rings. The highest BCUT2D eigenvalue weighted by Crippen LogP contribution is 2.10. The third kappa shape index (κ3) is 4.77. The molecule has 2 heterocycles. The first-order valence-electron chi connectivity index (χ1n) is 5.01. The van der Waals surface area contributed by atoms with E-state index >= 15 is 0 Å². The van der Waals surface area contributed by atoms with E-state index < -0.39 is 0 Å². The summed E-state index contributed by atoms with van der Waals surface area (Å²) in [7, 11) is 0. The number of nitrogen functional groups attached to an aromatic ring is 1. The van der Waals surface area contributed by atoms with E-state index in [1.54, 1.807) is 23.0 Å². The lowest BCUT2D eigenvalue weighted by molar-refractivity contribution is 0.770. The maximum Gasteiger partial charge on any atom is 0.178 e. The van der Waals surface area contributed by atoms with Gasteiger partial charge in [-0.05, 0) is 18.9 Å². The van der Waals surface area contributed by atoms with Gasteiger partial charge in [-0.3, -0.25) is 0 Å². The Morgan fingerprint density at radius 3 is 2.68 bits per heavy atom. The maximum absolute atomic E-state index is 5.75. The van der Waals surface area contributed by atoms with Crippen LogP contribution in [0.25, 0.3) is 5.65 Å². The van der Waals surface area contributed by atoms with Gasteiger partial charge in [-0.2, -0.15) is 5.10 Å². The molecule has 0 amide bonds. The summed E-state index contributed by atoms with van der Waals surface area (Å²) in [5.74, 6) is 5.96. The number of fused-ring (bicyclic) bond motifs is 1. The standard InChI is InChI=1S/C11H13N5.3ClH/c1-8(12)3-2-4-9-7-14-11-10(13)5-6-15-16(9)11;;;/h5-8H,3,12-13H2,1H3;3*1H. The molecule has 106 valence electrons. The summed E-state index contributed by atoms with van der Waals surface area (Å²) in [4.78, 5) is 4.16. The molecule has 2 rings (SSSR count). The third-order valence-corrected chi connectivity index (χ3v) is 2.07. The molecule has 2 aromatic heterocycles. The molecule has 0 bridgehead atoms. The normalized spacial score (nSPS) is 10.2. The van der Waals surface area contributed by atoms with Gasteiger partial charge in [0.15, 0.2) is 5.65 Å². The van der Waals surface area contributed by atoms with Crippen LogP contribution in [-0.4, -0.2) is 20.6 Å². The molecule has 8 heteroatoms. The molecule has 0 aliphatic carbocycles. The molecule has 0 aliphatic heterocycles. The van der Waals surface area contributed by atoms with Gasteiger partial charge in [-0.1, -0.05) is 5.92 Å². The molecule has 1 unspecified atom stereocenters. The summed E-state index contributed by atoms with van der Waals surface area (Å²) < 4.78 is 1.63. The highest BCUT2D eigenvalue weighted by atomic mass is 35.5. The zero-order valence-corrected chi connectivity index (χ0v) is 12.7. The smallest absolute Gasteiger partial charge is 0.178 e. The van der Waals surface area contributed by atoms with Gasteiger partial charge in [0.25, 0.3) is 0 Å². The monoisotopic (exact) mass is 323 g/mol. The van der Waals surface area contributed by atoms with E-state index in [-0.39, 0.29) is 43.3 Å². The van der Waals surface area contributed by atoms with Crippen LogP contribution in [0.3, 0.4) is 0 Å². The van der Waals surface area contributed by atoms with Gasteiger partial charge in [0.05, 0.1) is 18.1 Å². The van der Waals surface area contributed by atoms with Crippen LogP contribution in [0.1, 0.15) is 19.0 Å². The van der Waals surface area contributed by atoms with Crippen LogP contribution in [0.2, 0.25) is 0 Å². The zero-order chi connectivity index (χ0) is 11.5. The number of rotatable bonds is 1. The van der Waals surface area contributed by atoms with Crippen molar-refractivity contribution in [1.82, 2.24) is 14.6 Å². The minimum atomic E-state index is 0. The van der Waals surface area contributed by atoms with Crippen molar-refractivity contribution in [2.75, 3.05) is 5.73 Å². The lowest BCUT2D eigenvalue weighted by Crippen LogP contribution is -2.12. The maximum atomic E-state index is 5.75. The highest BCUT2D eigenvalue weighted by molar-refractivity contribution is 5.86. The van der Waals surface area contributed by atoms with E-state index in [1.807, 2.05) is 6.92 Å². The Hall–Kier alpha value is -1.19. The quantitative estimate of drug-likeness (QED) is 0.782. The third-order valence-electron chi connectivity index (χ3n) is 2.07. The molecule has 4 N–H and O–H groups in total. The Morgan fingerprint density at radius 2 is 2.05 bits per heavy atom. The molecule has 0 saturated heterocycles. The molecule has 0 saturated carbocycles. The number of hydrogen-bond donors (Lipinski definition) is 2. The average Bonchev–Trinajstić information content (AvgIpc) is 2.63.